The fraction of sp³-hybridized carbons (Fsp3) is 0.484. The number of nitrogens with zero attached hydrogens (tertiary/aromatic N) is 5. The van der Waals surface area contributed by atoms with Crippen LogP contribution in [0.5, 0.6) is 28.7 Å². The number of ether oxygens (including phenoxy) is 2. The summed E-state index contributed by atoms with van der Waals surface area (Å²) in [5.74, 6) is -1.96. The molecule has 123 heavy (non-hydrogen) atoms. The minimum atomic E-state index is -3.53. The van der Waals surface area contributed by atoms with E-state index in [9.17, 15) is 47.7 Å². The summed E-state index contributed by atoms with van der Waals surface area (Å²) in [6, 6.07) is 30.6. The van der Waals surface area contributed by atoms with E-state index >= 15 is 0 Å². The highest BCUT2D eigenvalue weighted by molar-refractivity contribution is 7.92. The predicted octanol–water partition coefficient (Wildman–Crippen LogP) is 23.9. The van der Waals surface area contributed by atoms with Crippen molar-refractivity contribution in [1.29, 1.82) is 0 Å². The largest absolute Gasteiger partial charge is 0.507 e. The maximum absolute atomic E-state index is 13.5. The molecule has 0 saturated heterocycles. The summed E-state index contributed by atoms with van der Waals surface area (Å²) in [4.78, 5) is 90.0. The molecule has 7 aromatic carbocycles. The van der Waals surface area contributed by atoms with Crippen LogP contribution in [0.2, 0.25) is 0 Å². The molecule has 0 spiro atoms. The van der Waals surface area contributed by atoms with E-state index in [0.717, 1.165) is 90.4 Å². The van der Waals surface area contributed by atoms with Crippen LogP contribution < -0.4 is 25.1 Å². The number of esters is 1. The maximum atomic E-state index is 13.5. The predicted molar refractivity (Wildman–Crippen MR) is 495 cm³/mol. The van der Waals surface area contributed by atoms with Crippen LogP contribution >= 0.6 is 22.7 Å². The zero-order valence-electron chi connectivity index (χ0n) is 73.4. The highest BCUT2D eigenvalue weighted by Crippen LogP contribution is 2.41. The number of carbonyl (C=O) groups excluding carboxylic acids is 5. The summed E-state index contributed by atoms with van der Waals surface area (Å²) in [5.41, 5.74) is 6.66. The zero-order chi connectivity index (χ0) is 88.5. The third-order valence-corrected chi connectivity index (χ3v) is 25.5. The highest BCUT2D eigenvalue weighted by Gasteiger charge is 2.29. The molecular weight excluding hydrogens is 1640 g/mol. The number of benzene rings is 7. The first kappa shape index (κ1) is 98.7. The topological polar surface area (TPSA) is 339 Å². The number of fused-ring (bicyclic) bond motifs is 3. The molecular formula is C95H126N8O16S4. The number of sulfonamides is 1. The smallest absolute Gasteiger partial charge is 0.350 e. The molecule has 666 valence electrons. The Morgan fingerprint density at radius 3 is 1.71 bits per heavy atom. The molecule has 0 saturated carbocycles. The van der Waals surface area contributed by atoms with Crippen LogP contribution in [0.3, 0.4) is 0 Å². The molecule has 0 aliphatic rings. The minimum absolute atomic E-state index is 0.00902. The standard InChI is InChI=1S/C33H42N4O6S.C32H43NO5S.C30H41N3O5S2/c1-3-5-6-7-8-9-10-11-12-13-22-44(40,41)37-25-17-14-16-24(23-25)32-34-33(43-36-32)31(39)28-21-20-26-27(30(28)38)18-15-19-29(26)35-42-4-2;1-5-7-8-9-10-11-12-13-14-15-16-17-26-30(32(36)38-6-2)39-31(33-26)29(35)25-21-27(37-4)24-20-22(3)18-19-23(24)28(25)34;1-5-6-7-8-9-10-11-12-13-14-19-32-29(36)28-21(2)33-30(39-28)27(35)24-18-16-22-15-17-23(20-25(22)26(24)34)37-38-40(4)31-3/h14-21,23,35,37-38H,3-13,22H2,1-2H3;18-21,34H,5-17H2,1-4H3;15-18,20,34H,5-14,19H2,1-4H3,(H,32,36). The molecule has 6 N–H and O–H groups in total. The molecule has 10 aromatic rings. The lowest BCUT2D eigenvalue weighted by Gasteiger charge is -2.11. The van der Waals surface area contributed by atoms with E-state index in [1.165, 1.54) is 154 Å². The summed E-state index contributed by atoms with van der Waals surface area (Å²) in [6.45, 7) is 15.3. The van der Waals surface area contributed by atoms with Gasteiger partial charge < -0.3 is 39.5 Å². The second kappa shape index (κ2) is 52.8. The number of methoxy groups -OCH3 is 1. The first-order chi connectivity index (χ1) is 59.6. The number of thiazole rings is 2. The quantitative estimate of drug-likeness (QED) is 0.00678. The van der Waals surface area contributed by atoms with Gasteiger partial charge in [-0.15, -0.1) is 27.0 Å². The Balaban J connectivity index is 0.000000230. The monoisotopic (exact) mass is 1760 g/mol. The normalized spacial score (nSPS) is 11.6. The van der Waals surface area contributed by atoms with E-state index in [-0.39, 0.29) is 73.9 Å². The number of unbranched alkanes of at least 4 members (excludes halogenated alkanes) is 28. The summed E-state index contributed by atoms with van der Waals surface area (Å²) in [6.07, 6.45) is 39.6. The molecule has 0 bridgehead atoms. The molecule has 0 fully saturated rings. The summed E-state index contributed by atoms with van der Waals surface area (Å²) in [7, 11) is -1.07. The molecule has 28 heteroatoms. The molecule has 0 aliphatic carbocycles. The van der Waals surface area contributed by atoms with Gasteiger partial charge in [-0.1, -0.05) is 266 Å². The van der Waals surface area contributed by atoms with E-state index in [0.29, 0.717) is 97.1 Å². The Hall–Kier alpha value is -9.71. The van der Waals surface area contributed by atoms with Crippen molar-refractivity contribution in [2.75, 3.05) is 56.1 Å². The average molecular weight is 1760 g/mol. The van der Waals surface area contributed by atoms with E-state index in [4.69, 9.17) is 28.1 Å². The molecule has 0 aliphatic heterocycles. The summed E-state index contributed by atoms with van der Waals surface area (Å²) >= 11 is 2.08. The fourth-order valence-electron chi connectivity index (χ4n) is 14.3. The number of carbonyl (C=O) groups is 5. The van der Waals surface area contributed by atoms with Crippen LogP contribution in [0.25, 0.3) is 43.7 Å². The second-order valence-corrected chi connectivity index (χ2v) is 36.0. The molecule has 1 amide bonds. The zero-order valence-corrected chi connectivity index (χ0v) is 76.6. The molecule has 1 unspecified atom stereocenters. The minimum Gasteiger partial charge on any atom is -0.507 e. The van der Waals surface area contributed by atoms with Crippen LogP contribution in [0.4, 0.5) is 11.4 Å². The molecule has 24 nitrogen and oxygen atoms in total. The summed E-state index contributed by atoms with van der Waals surface area (Å²) in [5, 5.41) is 43.6. The van der Waals surface area contributed by atoms with E-state index in [1.807, 2.05) is 26.0 Å². The van der Waals surface area contributed by atoms with Crippen molar-refractivity contribution in [3.8, 4) is 40.1 Å². The lowest BCUT2D eigenvalue weighted by molar-refractivity contribution is -0.0811. The van der Waals surface area contributed by atoms with E-state index in [2.05, 4.69) is 60.8 Å². The van der Waals surface area contributed by atoms with Gasteiger partial charge in [0.15, 0.2) is 15.8 Å². The average Bonchev–Trinajstić information content (AvgIpc) is 1.73. The number of aromatic hydroxyl groups is 3. The maximum Gasteiger partial charge on any atom is 0.350 e. The van der Waals surface area contributed by atoms with Gasteiger partial charge in [0.25, 0.3) is 17.6 Å². The van der Waals surface area contributed by atoms with Gasteiger partial charge in [0.1, 0.15) is 32.8 Å². The van der Waals surface area contributed by atoms with Gasteiger partial charge in [-0.2, -0.15) is 4.98 Å². The molecule has 10 rings (SSSR count). The van der Waals surface area contributed by atoms with Crippen LogP contribution in [0.1, 0.15) is 317 Å². The second-order valence-electron chi connectivity index (χ2n) is 30.8. The molecule has 3 heterocycles. The van der Waals surface area contributed by atoms with Crippen LogP contribution in [0.15, 0.2) is 118 Å². The fourth-order valence-corrected chi connectivity index (χ4v) is 17.6. The third-order valence-electron chi connectivity index (χ3n) is 21.2. The van der Waals surface area contributed by atoms with Gasteiger partial charge in [-0.3, -0.25) is 34.2 Å². The van der Waals surface area contributed by atoms with Crippen LogP contribution in [0, 0.1) is 13.8 Å². The number of anilines is 2. The molecule has 0 radical (unpaired) electrons. The third kappa shape index (κ3) is 30.6. The number of phenolic OH excluding ortho intramolecular Hbond substituents is 3. The number of aryl methyl sites for hydroxylation is 3. The first-order valence-electron chi connectivity index (χ1n) is 43.9. The van der Waals surface area contributed by atoms with Gasteiger partial charge >= 0.3 is 5.97 Å². The van der Waals surface area contributed by atoms with Gasteiger partial charge in [-0.05, 0) is 113 Å². The number of hydrogen-bond donors (Lipinski definition) is 6. The van der Waals surface area contributed by atoms with Crippen LogP contribution in [-0.4, -0.2) is 119 Å². The van der Waals surface area contributed by atoms with Gasteiger partial charge in [0, 0.05) is 58.0 Å². The first-order valence-corrected chi connectivity index (χ1v) is 48.7. The lowest BCUT2D eigenvalue weighted by atomic mass is 10.00. The van der Waals surface area contributed by atoms with E-state index in [1.54, 1.807) is 118 Å². The lowest BCUT2D eigenvalue weighted by Crippen LogP contribution is -2.24. The molecule has 3 aromatic heterocycles. The van der Waals surface area contributed by atoms with Gasteiger partial charge in [0.05, 0.1) is 70.8 Å². The number of phenols is 3. The number of nitrogens with one attached hydrogen (secondary N) is 3. The van der Waals surface area contributed by atoms with Gasteiger partial charge in [-0.25, -0.2) is 27.5 Å². The highest BCUT2D eigenvalue weighted by atomic mass is 32.2. The summed E-state index contributed by atoms with van der Waals surface area (Å²) < 4.78 is 53.2. The number of amides is 1. The number of hydrogen-bond acceptors (Lipinski definition) is 24. The number of ketones is 3. The van der Waals surface area contributed by atoms with Crippen LogP contribution in [-0.2, 0) is 41.3 Å². The number of rotatable bonds is 53. The van der Waals surface area contributed by atoms with Crippen molar-refractivity contribution < 1.29 is 75.8 Å². The van der Waals surface area contributed by atoms with Gasteiger partial charge in [0.2, 0.25) is 27.4 Å². The Morgan fingerprint density at radius 1 is 0.537 bits per heavy atom. The van der Waals surface area contributed by atoms with E-state index < -0.39 is 44.3 Å². The van der Waals surface area contributed by atoms with Crippen molar-refractivity contribution in [1.82, 2.24) is 25.4 Å². The van der Waals surface area contributed by atoms with Crippen molar-refractivity contribution in [3.05, 3.63) is 168 Å². The Morgan fingerprint density at radius 2 is 1.08 bits per heavy atom. The van der Waals surface area contributed by atoms with Crippen molar-refractivity contribution in [2.24, 2.45) is 4.36 Å². The van der Waals surface area contributed by atoms with Crippen molar-refractivity contribution in [2.45, 2.75) is 254 Å². The Labute approximate surface area is 736 Å². The van der Waals surface area contributed by atoms with Crippen molar-refractivity contribution >= 4 is 117 Å². The SMILES string of the molecule is CCCCCCCCCCCCCc1nc(C(=O)c2cc(OC)c3cc(C)ccc3c2O)sc1C(=O)OCC.CCCCCCCCCCCCNC(=O)c1sc(C(=O)c2ccc3ccc(OOS(C)=NC)cc3c2O)nc1C.CCCCCCCCCCCCS(=O)(=O)Nc1cccc(-c2noc(C(=O)c3ccc4c(NOCC)cccc4c3O)n2)c1. The van der Waals surface area contributed by atoms with Crippen molar-refractivity contribution in [3.63, 3.8) is 0 Å². The Bertz CT molecular complexity index is 5220. The number of aromatic nitrogens is 4. The Kier molecular flexibility index (Phi) is 42.4. The molecule has 1 atom stereocenters.